The molecular weight excluding hydrogens is 356 g/mol. The van der Waals surface area contributed by atoms with E-state index in [1.807, 2.05) is 24.3 Å². The lowest BCUT2D eigenvalue weighted by Crippen LogP contribution is -2.32. The van der Waals surface area contributed by atoms with Gasteiger partial charge in [0, 0.05) is 31.4 Å². The average Bonchev–Trinajstić information content (AvgIpc) is 3.19. The molecule has 0 fully saturated rings. The van der Waals surface area contributed by atoms with Crippen LogP contribution in [-0.4, -0.2) is 21.9 Å². The molecule has 3 rings (SSSR count). The zero-order chi connectivity index (χ0) is 20.3. The highest BCUT2D eigenvalue weighted by Crippen LogP contribution is 2.14. The minimum absolute atomic E-state index is 0.248. The van der Waals surface area contributed by atoms with Gasteiger partial charge in [0.05, 0.1) is 6.54 Å². The van der Waals surface area contributed by atoms with Crippen LogP contribution in [0.4, 0.5) is 0 Å². The maximum Gasteiger partial charge on any atom is 0.223 e. The van der Waals surface area contributed by atoms with Crippen molar-refractivity contribution in [3.63, 3.8) is 0 Å². The monoisotopic (exact) mass is 388 g/mol. The summed E-state index contributed by atoms with van der Waals surface area (Å²) in [6.45, 7) is 4.55. The Morgan fingerprint density at radius 1 is 0.862 bits per heavy atom. The van der Waals surface area contributed by atoms with E-state index in [0.717, 1.165) is 38.8 Å². The summed E-state index contributed by atoms with van der Waals surface area (Å²) in [6.07, 6.45) is 6.86. The first-order valence-corrected chi connectivity index (χ1v) is 10.8. The van der Waals surface area contributed by atoms with Gasteiger partial charge in [-0.05, 0) is 36.1 Å². The lowest BCUT2D eigenvalue weighted by atomic mass is 10.1. The van der Waals surface area contributed by atoms with Gasteiger partial charge in [0.25, 0.3) is 0 Å². The van der Waals surface area contributed by atoms with Crippen LogP contribution in [0.15, 0.2) is 79.0 Å². The van der Waals surface area contributed by atoms with Gasteiger partial charge in [-0.3, -0.25) is 4.79 Å². The molecule has 0 aliphatic rings. The SMILES string of the molecule is CCCCCN(Cc1cccn1Cc1ccccc1)C(=O)CCc1ccccc1. The summed E-state index contributed by atoms with van der Waals surface area (Å²) in [7, 11) is 0. The fraction of sp³-hybridized carbons (Fsp3) is 0.346. The van der Waals surface area contributed by atoms with Crippen LogP contribution in [0.1, 0.15) is 49.4 Å². The number of carbonyl (C=O) groups excluding carboxylic acids is 1. The largest absolute Gasteiger partial charge is 0.345 e. The van der Waals surface area contributed by atoms with Gasteiger partial charge in [0.1, 0.15) is 0 Å². The Labute approximate surface area is 175 Å². The maximum absolute atomic E-state index is 13.0. The highest BCUT2D eigenvalue weighted by Gasteiger charge is 2.15. The van der Waals surface area contributed by atoms with Crippen molar-refractivity contribution in [2.45, 2.75) is 52.1 Å². The van der Waals surface area contributed by atoms with Crippen LogP contribution in [0.25, 0.3) is 0 Å². The van der Waals surface area contributed by atoms with E-state index in [1.165, 1.54) is 16.8 Å². The Morgan fingerprint density at radius 3 is 2.24 bits per heavy atom. The van der Waals surface area contributed by atoms with E-state index in [0.29, 0.717) is 13.0 Å². The van der Waals surface area contributed by atoms with Gasteiger partial charge >= 0.3 is 0 Å². The first kappa shape index (κ1) is 20.9. The molecule has 0 saturated carbocycles. The minimum Gasteiger partial charge on any atom is -0.345 e. The number of hydrogen-bond acceptors (Lipinski definition) is 1. The molecule has 0 spiro atoms. The second-order valence-electron chi connectivity index (χ2n) is 7.62. The molecule has 3 nitrogen and oxygen atoms in total. The molecule has 0 unspecified atom stereocenters. The molecule has 3 heteroatoms. The molecular formula is C26H32N2O. The number of nitrogens with zero attached hydrogens (tertiary/aromatic N) is 2. The van der Waals surface area contributed by atoms with Gasteiger partial charge in [0.2, 0.25) is 5.91 Å². The number of amides is 1. The van der Waals surface area contributed by atoms with Crippen LogP contribution >= 0.6 is 0 Å². The Balaban J connectivity index is 1.65. The number of aromatic nitrogens is 1. The third kappa shape index (κ3) is 6.63. The molecule has 0 aliphatic carbocycles. The first-order chi connectivity index (χ1) is 14.3. The zero-order valence-corrected chi connectivity index (χ0v) is 17.5. The zero-order valence-electron chi connectivity index (χ0n) is 17.5. The lowest BCUT2D eigenvalue weighted by Gasteiger charge is -2.24. The van der Waals surface area contributed by atoms with E-state index in [4.69, 9.17) is 0 Å². The summed E-state index contributed by atoms with van der Waals surface area (Å²) in [4.78, 5) is 15.1. The highest BCUT2D eigenvalue weighted by molar-refractivity contribution is 5.76. The van der Waals surface area contributed by atoms with E-state index in [1.54, 1.807) is 0 Å². The summed E-state index contributed by atoms with van der Waals surface area (Å²) in [6, 6.07) is 25.0. The van der Waals surface area contributed by atoms with Crippen LogP contribution in [0, 0.1) is 0 Å². The van der Waals surface area contributed by atoms with Crippen molar-refractivity contribution < 1.29 is 4.79 Å². The Bertz CT molecular complexity index is 855. The summed E-state index contributed by atoms with van der Waals surface area (Å²) in [5.41, 5.74) is 3.69. The van der Waals surface area contributed by atoms with E-state index >= 15 is 0 Å². The minimum atomic E-state index is 0.248. The molecule has 1 aromatic heterocycles. The molecule has 2 aromatic carbocycles. The fourth-order valence-corrected chi connectivity index (χ4v) is 3.62. The molecule has 0 saturated heterocycles. The second kappa shape index (κ2) is 11.3. The second-order valence-corrected chi connectivity index (χ2v) is 7.62. The summed E-state index contributed by atoms with van der Waals surface area (Å²) < 4.78 is 2.26. The number of benzene rings is 2. The Kier molecular flexibility index (Phi) is 8.12. The molecule has 0 bridgehead atoms. The van der Waals surface area contributed by atoms with Gasteiger partial charge in [-0.25, -0.2) is 0 Å². The molecule has 3 aromatic rings. The van der Waals surface area contributed by atoms with Crippen molar-refractivity contribution >= 4 is 5.91 Å². The third-order valence-corrected chi connectivity index (χ3v) is 5.33. The summed E-state index contributed by atoms with van der Waals surface area (Å²) >= 11 is 0. The van der Waals surface area contributed by atoms with Gasteiger partial charge in [-0.15, -0.1) is 0 Å². The number of hydrogen-bond donors (Lipinski definition) is 0. The van der Waals surface area contributed by atoms with Crippen LogP contribution < -0.4 is 0 Å². The summed E-state index contributed by atoms with van der Waals surface area (Å²) in [5, 5.41) is 0. The van der Waals surface area contributed by atoms with Crippen LogP contribution in [0.3, 0.4) is 0 Å². The maximum atomic E-state index is 13.0. The average molecular weight is 389 g/mol. The molecule has 29 heavy (non-hydrogen) atoms. The quantitative estimate of drug-likeness (QED) is 0.388. The molecule has 0 atom stereocenters. The Morgan fingerprint density at radius 2 is 1.55 bits per heavy atom. The number of rotatable bonds is 11. The van der Waals surface area contributed by atoms with Crippen molar-refractivity contribution in [3.8, 4) is 0 Å². The molecule has 152 valence electrons. The number of carbonyl (C=O) groups is 1. The molecule has 0 aliphatic heterocycles. The van der Waals surface area contributed by atoms with E-state index in [2.05, 4.69) is 71.1 Å². The molecule has 1 amide bonds. The lowest BCUT2D eigenvalue weighted by molar-refractivity contribution is -0.132. The van der Waals surface area contributed by atoms with Gasteiger partial charge in [-0.2, -0.15) is 0 Å². The van der Waals surface area contributed by atoms with E-state index < -0.39 is 0 Å². The van der Waals surface area contributed by atoms with Crippen molar-refractivity contribution in [1.29, 1.82) is 0 Å². The molecule has 1 heterocycles. The van der Waals surface area contributed by atoms with Crippen LogP contribution in [-0.2, 0) is 24.3 Å². The topological polar surface area (TPSA) is 25.2 Å². The summed E-state index contributed by atoms with van der Waals surface area (Å²) in [5.74, 6) is 0.248. The smallest absolute Gasteiger partial charge is 0.223 e. The molecule has 0 radical (unpaired) electrons. The normalized spacial score (nSPS) is 10.8. The first-order valence-electron chi connectivity index (χ1n) is 10.8. The van der Waals surface area contributed by atoms with Crippen molar-refractivity contribution in [3.05, 3.63) is 95.8 Å². The third-order valence-electron chi connectivity index (χ3n) is 5.33. The highest BCUT2D eigenvalue weighted by atomic mass is 16.2. The molecule has 0 N–H and O–H groups in total. The predicted octanol–water partition coefficient (Wildman–Crippen LogP) is 5.69. The number of aryl methyl sites for hydroxylation is 1. The fourth-order valence-electron chi connectivity index (χ4n) is 3.62. The Hall–Kier alpha value is -2.81. The van der Waals surface area contributed by atoms with E-state index in [-0.39, 0.29) is 5.91 Å². The van der Waals surface area contributed by atoms with Gasteiger partial charge in [0.15, 0.2) is 0 Å². The van der Waals surface area contributed by atoms with Crippen molar-refractivity contribution in [1.82, 2.24) is 9.47 Å². The van der Waals surface area contributed by atoms with Crippen LogP contribution in [0.5, 0.6) is 0 Å². The van der Waals surface area contributed by atoms with Crippen LogP contribution in [0.2, 0.25) is 0 Å². The van der Waals surface area contributed by atoms with E-state index in [9.17, 15) is 4.79 Å². The van der Waals surface area contributed by atoms with Gasteiger partial charge in [-0.1, -0.05) is 80.4 Å². The predicted molar refractivity (Wildman–Crippen MR) is 120 cm³/mol. The van der Waals surface area contributed by atoms with Gasteiger partial charge < -0.3 is 9.47 Å². The standard InChI is InChI=1S/C26H32N2O/c1-2-3-10-19-28(26(29)18-17-23-12-6-4-7-13-23)22-25-16-11-20-27(25)21-24-14-8-5-9-15-24/h4-9,11-16,20H,2-3,10,17-19,21-22H2,1H3. The number of unbranched alkanes of at least 4 members (excludes halogenated alkanes) is 2. The van der Waals surface area contributed by atoms with Crippen molar-refractivity contribution in [2.24, 2.45) is 0 Å². The van der Waals surface area contributed by atoms with Crippen molar-refractivity contribution in [2.75, 3.05) is 6.54 Å².